The minimum Gasteiger partial charge on any atom is -0.437 e. The summed E-state index contributed by atoms with van der Waals surface area (Å²) >= 11 is 5.82. The number of rotatable bonds is 3. The van der Waals surface area contributed by atoms with Gasteiger partial charge < -0.3 is 9.84 Å². The predicted octanol–water partition coefficient (Wildman–Crippen LogP) is 3.30. The Kier molecular flexibility index (Phi) is 3.74. The third kappa shape index (κ3) is 2.75. The number of aliphatic hydroxyl groups is 1. The molecule has 0 spiro atoms. The van der Waals surface area contributed by atoms with Crippen LogP contribution >= 0.6 is 11.6 Å². The van der Waals surface area contributed by atoms with E-state index in [2.05, 4.69) is 4.98 Å². The topological polar surface area (TPSA) is 42.4 Å². The maximum absolute atomic E-state index is 13.0. The fourth-order valence-corrected chi connectivity index (χ4v) is 1.49. The van der Waals surface area contributed by atoms with E-state index in [1.807, 2.05) is 0 Å². The predicted molar refractivity (Wildman–Crippen MR) is 61.6 cm³/mol. The van der Waals surface area contributed by atoms with Crippen molar-refractivity contribution in [2.75, 3.05) is 0 Å². The van der Waals surface area contributed by atoms with Gasteiger partial charge in [-0.25, -0.2) is 13.8 Å². The zero-order valence-electron chi connectivity index (χ0n) is 9.03. The number of halogens is 3. The van der Waals surface area contributed by atoms with Crippen LogP contribution < -0.4 is 4.74 Å². The van der Waals surface area contributed by atoms with Crippen LogP contribution in [0.25, 0.3) is 0 Å². The van der Waals surface area contributed by atoms with Crippen LogP contribution in [0.3, 0.4) is 0 Å². The van der Waals surface area contributed by atoms with Gasteiger partial charge in [0.1, 0.15) is 11.6 Å². The highest BCUT2D eigenvalue weighted by Gasteiger charge is 2.10. The zero-order valence-corrected chi connectivity index (χ0v) is 9.79. The standard InChI is InChI=1S/C12H8ClF2NO2/c13-10-2-1-8(14)4-11(10)18-12-7(6-17)3-9(15)5-16-12/h1-5,17H,6H2. The van der Waals surface area contributed by atoms with Gasteiger partial charge in [0.25, 0.3) is 0 Å². The van der Waals surface area contributed by atoms with Crippen LogP contribution in [0.5, 0.6) is 11.6 Å². The molecule has 1 N–H and O–H groups in total. The summed E-state index contributed by atoms with van der Waals surface area (Å²) in [5.41, 5.74) is 0.148. The van der Waals surface area contributed by atoms with Gasteiger partial charge in [0.15, 0.2) is 5.75 Å². The maximum Gasteiger partial charge on any atom is 0.225 e. The Morgan fingerprint density at radius 2 is 2.00 bits per heavy atom. The molecule has 1 heterocycles. The van der Waals surface area contributed by atoms with Crippen LogP contribution in [0.4, 0.5) is 8.78 Å². The number of hydrogen-bond donors (Lipinski definition) is 1. The number of nitrogens with zero attached hydrogens (tertiary/aromatic N) is 1. The van der Waals surface area contributed by atoms with Crippen molar-refractivity contribution in [1.82, 2.24) is 4.98 Å². The first-order chi connectivity index (χ1) is 8.60. The molecule has 18 heavy (non-hydrogen) atoms. The van der Waals surface area contributed by atoms with Gasteiger partial charge in [0.2, 0.25) is 5.88 Å². The first-order valence-corrected chi connectivity index (χ1v) is 5.36. The van der Waals surface area contributed by atoms with Gasteiger partial charge in [-0.3, -0.25) is 0 Å². The zero-order chi connectivity index (χ0) is 13.1. The first kappa shape index (κ1) is 12.7. The summed E-state index contributed by atoms with van der Waals surface area (Å²) in [6.07, 6.45) is 0.932. The molecule has 3 nitrogen and oxygen atoms in total. The maximum atomic E-state index is 13.0. The summed E-state index contributed by atoms with van der Waals surface area (Å²) in [6.45, 7) is -0.451. The third-order valence-electron chi connectivity index (χ3n) is 2.16. The molecule has 1 aromatic heterocycles. The Hall–Kier alpha value is -1.72. The molecule has 2 rings (SSSR count). The average molecular weight is 272 g/mol. The normalized spacial score (nSPS) is 10.4. The summed E-state index contributed by atoms with van der Waals surface area (Å²) < 4.78 is 31.2. The fourth-order valence-electron chi connectivity index (χ4n) is 1.33. The molecule has 0 aliphatic carbocycles. The molecule has 0 saturated heterocycles. The third-order valence-corrected chi connectivity index (χ3v) is 2.47. The number of hydrogen-bond acceptors (Lipinski definition) is 3. The Labute approximate surface area is 107 Å². The number of pyridine rings is 1. The summed E-state index contributed by atoms with van der Waals surface area (Å²) in [4.78, 5) is 3.68. The van der Waals surface area contributed by atoms with Crippen molar-refractivity contribution in [2.45, 2.75) is 6.61 Å². The second kappa shape index (κ2) is 5.29. The highest BCUT2D eigenvalue weighted by Crippen LogP contribution is 2.30. The van der Waals surface area contributed by atoms with Gasteiger partial charge in [0.05, 0.1) is 17.8 Å². The first-order valence-electron chi connectivity index (χ1n) is 4.98. The highest BCUT2D eigenvalue weighted by atomic mass is 35.5. The summed E-state index contributed by atoms with van der Waals surface area (Å²) in [5.74, 6) is -1.10. The van der Waals surface area contributed by atoms with E-state index in [0.717, 1.165) is 18.3 Å². The Morgan fingerprint density at radius 3 is 2.72 bits per heavy atom. The molecule has 0 unspecified atom stereocenters. The molecule has 0 atom stereocenters. The second-order valence-corrected chi connectivity index (χ2v) is 3.86. The highest BCUT2D eigenvalue weighted by molar-refractivity contribution is 6.32. The lowest BCUT2D eigenvalue weighted by Gasteiger charge is -2.09. The largest absolute Gasteiger partial charge is 0.437 e. The van der Waals surface area contributed by atoms with Gasteiger partial charge in [-0.1, -0.05) is 11.6 Å². The summed E-state index contributed by atoms with van der Waals surface area (Å²) in [5, 5.41) is 9.24. The van der Waals surface area contributed by atoms with Crippen LogP contribution in [0.2, 0.25) is 5.02 Å². The molecule has 0 saturated carbocycles. The Morgan fingerprint density at radius 1 is 1.22 bits per heavy atom. The molecule has 0 aliphatic heterocycles. The van der Waals surface area contributed by atoms with Gasteiger partial charge >= 0.3 is 0 Å². The Balaban J connectivity index is 2.36. The quantitative estimate of drug-likeness (QED) is 0.931. The smallest absolute Gasteiger partial charge is 0.225 e. The van der Waals surface area contributed by atoms with Gasteiger partial charge in [-0.15, -0.1) is 0 Å². The minimum atomic E-state index is -0.600. The van der Waals surface area contributed by atoms with Crippen molar-refractivity contribution >= 4 is 11.6 Å². The van der Waals surface area contributed by atoms with Crippen LogP contribution in [-0.4, -0.2) is 10.1 Å². The minimum absolute atomic E-state index is 0.0219. The van der Waals surface area contributed by atoms with Crippen LogP contribution in [0.1, 0.15) is 5.56 Å². The molecule has 6 heteroatoms. The monoisotopic (exact) mass is 271 g/mol. The Bertz CT molecular complexity index is 578. The van der Waals surface area contributed by atoms with Crippen LogP contribution in [0, 0.1) is 11.6 Å². The molecule has 0 aliphatic rings. The molecular formula is C12H8ClF2NO2. The lowest BCUT2D eigenvalue weighted by Crippen LogP contribution is -1.97. The lowest BCUT2D eigenvalue weighted by molar-refractivity contribution is 0.274. The van der Waals surface area contributed by atoms with Crippen LogP contribution in [-0.2, 0) is 6.61 Å². The molecule has 0 amide bonds. The SMILES string of the molecule is OCc1cc(F)cnc1Oc1cc(F)ccc1Cl. The van der Waals surface area contributed by atoms with E-state index in [-0.39, 0.29) is 22.2 Å². The number of aromatic nitrogens is 1. The van der Waals surface area contributed by atoms with E-state index in [1.54, 1.807) is 0 Å². The molecule has 94 valence electrons. The van der Waals surface area contributed by atoms with E-state index in [4.69, 9.17) is 21.4 Å². The molecule has 2 aromatic rings. The second-order valence-electron chi connectivity index (χ2n) is 3.45. The van der Waals surface area contributed by atoms with Gasteiger partial charge in [-0.05, 0) is 18.2 Å². The van der Waals surface area contributed by atoms with Crippen molar-refractivity contribution in [2.24, 2.45) is 0 Å². The van der Waals surface area contributed by atoms with Crippen molar-refractivity contribution in [1.29, 1.82) is 0 Å². The van der Waals surface area contributed by atoms with Gasteiger partial charge in [0, 0.05) is 11.6 Å². The van der Waals surface area contributed by atoms with Gasteiger partial charge in [-0.2, -0.15) is 0 Å². The lowest BCUT2D eigenvalue weighted by atomic mass is 10.3. The molecule has 1 aromatic carbocycles. The van der Waals surface area contributed by atoms with E-state index in [9.17, 15) is 8.78 Å². The number of aliphatic hydroxyl groups excluding tert-OH is 1. The number of ether oxygens (including phenoxy) is 1. The summed E-state index contributed by atoms with van der Waals surface area (Å²) in [7, 11) is 0. The van der Waals surface area contributed by atoms with Crippen molar-refractivity contribution in [3.8, 4) is 11.6 Å². The average Bonchev–Trinajstić information content (AvgIpc) is 2.36. The molecule has 0 radical (unpaired) electrons. The van der Waals surface area contributed by atoms with Crippen molar-refractivity contribution in [3.05, 3.63) is 52.7 Å². The van der Waals surface area contributed by atoms with Crippen LogP contribution in [0.15, 0.2) is 30.5 Å². The fraction of sp³-hybridized carbons (Fsp3) is 0.0833. The van der Waals surface area contributed by atoms with E-state index < -0.39 is 18.2 Å². The molecule has 0 bridgehead atoms. The number of benzene rings is 1. The molecule has 0 fully saturated rings. The van der Waals surface area contributed by atoms with Crippen molar-refractivity contribution in [3.63, 3.8) is 0 Å². The molecular weight excluding hydrogens is 264 g/mol. The van der Waals surface area contributed by atoms with E-state index in [0.29, 0.717) is 0 Å². The summed E-state index contributed by atoms with van der Waals surface area (Å²) in [6, 6.07) is 4.67. The van der Waals surface area contributed by atoms with E-state index in [1.165, 1.54) is 12.1 Å². The van der Waals surface area contributed by atoms with Crippen molar-refractivity contribution < 1.29 is 18.6 Å². The van der Waals surface area contributed by atoms with E-state index >= 15 is 0 Å².